The molecule has 0 bridgehead atoms. The van der Waals surface area contributed by atoms with Gasteiger partial charge in [0.2, 0.25) is 0 Å². The first-order chi connectivity index (χ1) is 10.1. The molecule has 1 aromatic rings. The standard InChI is InChI=1S/C16H22ClFN2O/c1-2-8-20(11-12-4-3-7-19-10-12)16(21)13-5-6-15(18)14(17)9-13/h5-6,9,12,19H,2-4,7-8,10-11H2,1H3. The Kier molecular flexibility index (Phi) is 6.00. The van der Waals surface area contributed by atoms with Crippen LogP contribution in [0.4, 0.5) is 4.39 Å². The van der Waals surface area contributed by atoms with Crippen LogP contribution in [0.1, 0.15) is 36.5 Å². The van der Waals surface area contributed by atoms with Crippen molar-refractivity contribution in [2.24, 2.45) is 5.92 Å². The molecule has 1 aliphatic rings. The number of amides is 1. The van der Waals surface area contributed by atoms with Crippen LogP contribution < -0.4 is 5.32 Å². The molecule has 1 saturated heterocycles. The Morgan fingerprint density at radius 3 is 2.95 bits per heavy atom. The highest BCUT2D eigenvalue weighted by Gasteiger charge is 2.21. The third-order valence-corrected chi connectivity index (χ3v) is 4.11. The van der Waals surface area contributed by atoms with E-state index in [-0.39, 0.29) is 10.9 Å². The summed E-state index contributed by atoms with van der Waals surface area (Å²) >= 11 is 5.78. The zero-order valence-corrected chi connectivity index (χ0v) is 13.1. The van der Waals surface area contributed by atoms with Crippen LogP contribution in [-0.4, -0.2) is 37.0 Å². The van der Waals surface area contributed by atoms with Crippen LogP contribution in [0.15, 0.2) is 18.2 Å². The van der Waals surface area contributed by atoms with E-state index in [1.165, 1.54) is 18.2 Å². The molecule has 1 N–H and O–H groups in total. The summed E-state index contributed by atoms with van der Waals surface area (Å²) in [6, 6.07) is 4.17. The van der Waals surface area contributed by atoms with E-state index < -0.39 is 5.82 Å². The Bertz CT molecular complexity index is 489. The van der Waals surface area contributed by atoms with Gasteiger partial charge in [-0.1, -0.05) is 18.5 Å². The Balaban J connectivity index is 2.08. The maximum absolute atomic E-state index is 13.2. The Morgan fingerprint density at radius 2 is 2.33 bits per heavy atom. The molecule has 1 unspecified atom stereocenters. The average Bonchev–Trinajstić information content (AvgIpc) is 2.50. The Labute approximate surface area is 130 Å². The molecule has 1 fully saturated rings. The van der Waals surface area contributed by atoms with Gasteiger partial charge < -0.3 is 10.2 Å². The number of nitrogens with zero attached hydrogens (tertiary/aromatic N) is 1. The molecular weight excluding hydrogens is 291 g/mol. The lowest BCUT2D eigenvalue weighted by Gasteiger charge is -2.30. The van der Waals surface area contributed by atoms with E-state index in [9.17, 15) is 9.18 Å². The quantitative estimate of drug-likeness (QED) is 0.904. The summed E-state index contributed by atoms with van der Waals surface area (Å²) in [7, 11) is 0. The molecule has 0 spiro atoms. The van der Waals surface area contributed by atoms with Gasteiger partial charge in [0.15, 0.2) is 0 Å². The van der Waals surface area contributed by atoms with E-state index in [0.29, 0.717) is 18.0 Å². The second-order valence-corrected chi connectivity index (χ2v) is 6.00. The van der Waals surface area contributed by atoms with Crippen LogP contribution in [0.25, 0.3) is 0 Å². The zero-order chi connectivity index (χ0) is 15.2. The molecule has 1 amide bonds. The number of nitrogens with one attached hydrogen (secondary N) is 1. The Morgan fingerprint density at radius 1 is 1.52 bits per heavy atom. The van der Waals surface area contributed by atoms with Gasteiger partial charge in [0.05, 0.1) is 5.02 Å². The van der Waals surface area contributed by atoms with Gasteiger partial charge in [0.1, 0.15) is 5.82 Å². The summed E-state index contributed by atoms with van der Waals surface area (Å²) < 4.78 is 13.2. The lowest BCUT2D eigenvalue weighted by molar-refractivity contribution is 0.0718. The fourth-order valence-electron chi connectivity index (χ4n) is 2.75. The van der Waals surface area contributed by atoms with Gasteiger partial charge in [0.25, 0.3) is 5.91 Å². The molecule has 1 atom stereocenters. The molecule has 1 aliphatic heterocycles. The lowest BCUT2D eigenvalue weighted by atomic mass is 9.98. The van der Waals surface area contributed by atoms with Crippen molar-refractivity contribution in [3.05, 3.63) is 34.6 Å². The molecule has 0 aromatic heterocycles. The number of carbonyl (C=O) groups excluding carboxylic acids is 1. The van der Waals surface area contributed by atoms with E-state index in [2.05, 4.69) is 12.2 Å². The fraction of sp³-hybridized carbons (Fsp3) is 0.562. The van der Waals surface area contributed by atoms with E-state index in [0.717, 1.165) is 38.9 Å². The number of rotatable bonds is 5. The van der Waals surface area contributed by atoms with Crippen LogP contribution in [0.3, 0.4) is 0 Å². The van der Waals surface area contributed by atoms with Crippen molar-refractivity contribution < 1.29 is 9.18 Å². The van der Waals surface area contributed by atoms with Gasteiger partial charge in [-0.25, -0.2) is 4.39 Å². The first-order valence-corrected chi connectivity index (χ1v) is 7.94. The van der Waals surface area contributed by atoms with Gasteiger partial charge in [-0.15, -0.1) is 0 Å². The third kappa shape index (κ3) is 4.42. The minimum atomic E-state index is -0.494. The summed E-state index contributed by atoms with van der Waals surface area (Å²) in [4.78, 5) is 14.5. The maximum atomic E-state index is 13.2. The third-order valence-electron chi connectivity index (χ3n) is 3.82. The molecule has 1 aromatic carbocycles. The van der Waals surface area contributed by atoms with Crippen LogP contribution in [-0.2, 0) is 0 Å². The predicted molar refractivity (Wildman–Crippen MR) is 83.2 cm³/mol. The van der Waals surface area contributed by atoms with Crippen LogP contribution >= 0.6 is 11.6 Å². The summed E-state index contributed by atoms with van der Waals surface area (Å²) in [6.45, 7) is 5.53. The van der Waals surface area contributed by atoms with Crippen LogP contribution in [0.2, 0.25) is 5.02 Å². The van der Waals surface area contributed by atoms with Crippen LogP contribution in [0, 0.1) is 11.7 Å². The summed E-state index contributed by atoms with van der Waals surface area (Å²) in [6.07, 6.45) is 3.20. The molecule has 0 saturated carbocycles. The van der Waals surface area contributed by atoms with Gasteiger partial charge in [-0.3, -0.25) is 4.79 Å². The molecule has 116 valence electrons. The summed E-state index contributed by atoms with van der Waals surface area (Å²) in [5.41, 5.74) is 0.457. The maximum Gasteiger partial charge on any atom is 0.253 e. The minimum Gasteiger partial charge on any atom is -0.338 e. The first kappa shape index (κ1) is 16.2. The molecule has 1 heterocycles. The molecule has 0 aliphatic carbocycles. The van der Waals surface area contributed by atoms with Gasteiger partial charge in [-0.05, 0) is 56.5 Å². The SMILES string of the molecule is CCCN(CC1CCCNC1)C(=O)c1ccc(F)c(Cl)c1. The normalized spacial score (nSPS) is 18.5. The van der Waals surface area contributed by atoms with E-state index in [1.807, 2.05) is 4.90 Å². The molecule has 2 rings (SSSR count). The monoisotopic (exact) mass is 312 g/mol. The topological polar surface area (TPSA) is 32.3 Å². The van der Waals surface area contributed by atoms with E-state index >= 15 is 0 Å². The predicted octanol–water partition coefficient (Wildman–Crippen LogP) is 3.33. The largest absolute Gasteiger partial charge is 0.338 e. The fourth-order valence-corrected chi connectivity index (χ4v) is 2.93. The highest BCUT2D eigenvalue weighted by Crippen LogP contribution is 2.19. The Hall–Kier alpha value is -1.13. The smallest absolute Gasteiger partial charge is 0.253 e. The number of halogens is 2. The molecule has 5 heteroatoms. The number of hydrogen-bond acceptors (Lipinski definition) is 2. The molecule has 0 radical (unpaired) electrons. The van der Waals surface area contributed by atoms with E-state index in [4.69, 9.17) is 11.6 Å². The van der Waals surface area contributed by atoms with Crippen molar-refractivity contribution in [3.8, 4) is 0 Å². The van der Waals surface area contributed by atoms with Gasteiger partial charge in [0, 0.05) is 18.7 Å². The molecule has 3 nitrogen and oxygen atoms in total. The molecule has 21 heavy (non-hydrogen) atoms. The van der Waals surface area contributed by atoms with Gasteiger partial charge >= 0.3 is 0 Å². The second kappa shape index (κ2) is 7.76. The summed E-state index contributed by atoms with van der Waals surface area (Å²) in [5, 5.41) is 3.37. The van der Waals surface area contributed by atoms with Crippen molar-refractivity contribution in [2.45, 2.75) is 26.2 Å². The average molecular weight is 313 g/mol. The highest BCUT2D eigenvalue weighted by molar-refractivity contribution is 6.31. The molecular formula is C16H22ClFN2O. The number of benzene rings is 1. The first-order valence-electron chi connectivity index (χ1n) is 7.57. The van der Waals surface area contributed by atoms with Crippen molar-refractivity contribution >= 4 is 17.5 Å². The number of carbonyl (C=O) groups is 1. The van der Waals surface area contributed by atoms with E-state index in [1.54, 1.807) is 0 Å². The van der Waals surface area contributed by atoms with Crippen LogP contribution in [0.5, 0.6) is 0 Å². The van der Waals surface area contributed by atoms with Crippen molar-refractivity contribution in [3.63, 3.8) is 0 Å². The van der Waals surface area contributed by atoms with Crippen molar-refractivity contribution in [2.75, 3.05) is 26.2 Å². The second-order valence-electron chi connectivity index (χ2n) is 5.59. The zero-order valence-electron chi connectivity index (χ0n) is 12.4. The number of piperidine rings is 1. The highest BCUT2D eigenvalue weighted by atomic mass is 35.5. The van der Waals surface area contributed by atoms with Crippen molar-refractivity contribution in [1.29, 1.82) is 0 Å². The van der Waals surface area contributed by atoms with Crippen molar-refractivity contribution in [1.82, 2.24) is 10.2 Å². The number of hydrogen-bond donors (Lipinski definition) is 1. The lowest BCUT2D eigenvalue weighted by Crippen LogP contribution is -2.41. The van der Waals surface area contributed by atoms with Gasteiger partial charge in [-0.2, -0.15) is 0 Å². The minimum absolute atomic E-state index is 0.00312. The summed E-state index contributed by atoms with van der Waals surface area (Å²) in [5.74, 6) is -0.0683.